The first-order valence-electron chi connectivity index (χ1n) is 8.99. The van der Waals surface area contributed by atoms with Gasteiger partial charge < -0.3 is 10.1 Å². The monoisotopic (exact) mass is 490 g/mol. The molecule has 3 aromatic rings. The predicted molar refractivity (Wildman–Crippen MR) is 118 cm³/mol. The molecule has 2 aromatic carbocycles. The van der Waals surface area contributed by atoms with Gasteiger partial charge in [0.05, 0.1) is 27.4 Å². The summed E-state index contributed by atoms with van der Waals surface area (Å²) < 4.78 is 5.01. The van der Waals surface area contributed by atoms with Crippen LogP contribution in [0.2, 0.25) is 10.0 Å². The summed E-state index contributed by atoms with van der Waals surface area (Å²) >= 11 is 12.9. The molecule has 1 aliphatic heterocycles. The maximum Gasteiger partial charge on any atom is 0.338 e. The summed E-state index contributed by atoms with van der Waals surface area (Å²) in [5.74, 6) is -2.63. The summed E-state index contributed by atoms with van der Waals surface area (Å²) in [6.07, 6.45) is 0. The minimum Gasteiger partial charge on any atom is -0.452 e. The number of amides is 3. The van der Waals surface area contributed by atoms with Gasteiger partial charge in [0.25, 0.3) is 17.7 Å². The van der Waals surface area contributed by atoms with Crippen LogP contribution < -0.4 is 10.2 Å². The molecule has 9 nitrogen and oxygen atoms in total. The van der Waals surface area contributed by atoms with E-state index < -0.39 is 30.3 Å². The molecular formula is C20H12Cl2N4O5S. The molecule has 0 radical (unpaired) electrons. The molecule has 0 bridgehead atoms. The largest absolute Gasteiger partial charge is 0.452 e. The van der Waals surface area contributed by atoms with Gasteiger partial charge in [0.2, 0.25) is 5.13 Å². The number of ether oxygens (including phenoxy) is 1. The number of aryl methyl sites for hydroxylation is 1. The predicted octanol–water partition coefficient (Wildman–Crippen LogP) is 3.75. The van der Waals surface area contributed by atoms with Gasteiger partial charge in [-0.15, -0.1) is 10.2 Å². The third-order valence-corrected chi connectivity index (χ3v) is 5.74. The van der Waals surface area contributed by atoms with Crippen molar-refractivity contribution in [1.82, 2.24) is 10.2 Å². The zero-order chi connectivity index (χ0) is 23.0. The molecular weight excluding hydrogens is 479 g/mol. The van der Waals surface area contributed by atoms with E-state index in [1.807, 2.05) is 0 Å². The zero-order valence-corrected chi connectivity index (χ0v) is 18.5. The van der Waals surface area contributed by atoms with Crippen LogP contribution in [0.15, 0.2) is 36.4 Å². The lowest BCUT2D eigenvalue weighted by Crippen LogP contribution is -2.29. The molecule has 4 rings (SSSR count). The number of hydrogen-bond donors (Lipinski definition) is 1. The summed E-state index contributed by atoms with van der Waals surface area (Å²) in [5, 5.41) is 11.5. The molecule has 1 N–H and O–H groups in total. The number of esters is 1. The van der Waals surface area contributed by atoms with Crippen molar-refractivity contribution in [2.45, 2.75) is 6.92 Å². The van der Waals surface area contributed by atoms with Gasteiger partial charge in [0.15, 0.2) is 6.61 Å². The number of fused-ring (bicyclic) bond motifs is 1. The fraction of sp³-hybridized carbons (Fsp3) is 0.100. The second-order valence-corrected chi connectivity index (χ2v) is 8.56. The molecule has 0 aliphatic carbocycles. The van der Waals surface area contributed by atoms with Crippen LogP contribution in [0.1, 0.15) is 36.1 Å². The first kappa shape index (κ1) is 21.9. The molecule has 162 valence electrons. The number of rotatable bonds is 5. The number of nitrogens with one attached hydrogen (secondary N) is 1. The summed E-state index contributed by atoms with van der Waals surface area (Å²) in [6, 6.07) is 8.46. The Balaban J connectivity index is 1.44. The molecule has 1 aliphatic rings. The maximum atomic E-state index is 12.7. The fourth-order valence-corrected chi connectivity index (χ4v) is 4.05. The highest BCUT2D eigenvalue weighted by atomic mass is 35.5. The van der Waals surface area contributed by atoms with E-state index in [0.717, 1.165) is 16.2 Å². The van der Waals surface area contributed by atoms with Gasteiger partial charge in [-0.25, -0.2) is 9.69 Å². The van der Waals surface area contributed by atoms with Crippen LogP contribution in [-0.4, -0.2) is 40.5 Å². The Kier molecular flexibility index (Phi) is 5.92. The summed E-state index contributed by atoms with van der Waals surface area (Å²) in [7, 11) is 0. The molecule has 2 heterocycles. The van der Waals surface area contributed by atoms with Crippen LogP contribution in [0.4, 0.5) is 10.8 Å². The third kappa shape index (κ3) is 4.20. The van der Waals surface area contributed by atoms with Crippen LogP contribution >= 0.6 is 34.5 Å². The molecule has 0 atom stereocenters. The SMILES string of the molecule is Cc1nnc(N2C(=O)c3ccc(C(=O)OCC(=O)Nc4ccc(Cl)cc4Cl)cc3C2=O)s1. The lowest BCUT2D eigenvalue weighted by Gasteiger charge is -2.08. The Labute approximate surface area is 194 Å². The summed E-state index contributed by atoms with van der Waals surface area (Å²) in [6.45, 7) is 1.11. The van der Waals surface area contributed by atoms with Gasteiger partial charge in [0, 0.05) is 5.02 Å². The minimum atomic E-state index is -0.837. The highest BCUT2D eigenvalue weighted by Crippen LogP contribution is 2.31. The van der Waals surface area contributed by atoms with Crippen molar-refractivity contribution >= 4 is 69.0 Å². The first-order chi connectivity index (χ1) is 15.2. The Morgan fingerprint density at radius 2 is 1.81 bits per heavy atom. The van der Waals surface area contributed by atoms with Crippen molar-refractivity contribution in [2.75, 3.05) is 16.8 Å². The number of carbonyl (C=O) groups excluding carboxylic acids is 4. The molecule has 32 heavy (non-hydrogen) atoms. The van der Waals surface area contributed by atoms with E-state index in [0.29, 0.717) is 15.7 Å². The average Bonchev–Trinajstić information content (AvgIpc) is 3.28. The van der Waals surface area contributed by atoms with Gasteiger partial charge in [-0.1, -0.05) is 34.5 Å². The molecule has 3 amide bonds. The number of benzene rings is 2. The van der Waals surface area contributed by atoms with Crippen LogP contribution in [0.5, 0.6) is 0 Å². The summed E-state index contributed by atoms with van der Waals surface area (Å²) in [4.78, 5) is 50.7. The quantitative estimate of drug-likeness (QED) is 0.427. The number of imide groups is 1. The topological polar surface area (TPSA) is 119 Å². The Bertz CT molecular complexity index is 1290. The molecule has 0 fully saturated rings. The van der Waals surface area contributed by atoms with Crippen LogP contribution in [0.25, 0.3) is 0 Å². The Hall–Kier alpha value is -3.34. The van der Waals surface area contributed by atoms with Gasteiger partial charge in [0.1, 0.15) is 5.01 Å². The number of halogens is 2. The Morgan fingerprint density at radius 1 is 1.06 bits per heavy atom. The van der Waals surface area contributed by atoms with Crippen LogP contribution in [0, 0.1) is 6.92 Å². The summed E-state index contributed by atoms with van der Waals surface area (Å²) in [5.41, 5.74) is 0.493. The molecule has 0 unspecified atom stereocenters. The normalized spacial score (nSPS) is 12.7. The van der Waals surface area contributed by atoms with E-state index >= 15 is 0 Å². The van der Waals surface area contributed by atoms with Gasteiger partial charge in [-0.3, -0.25) is 14.4 Å². The van der Waals surface area contributed by atoms with E-state index in [-0.39, 0.29) is 26.8 Å². The van der Waals surface area contributed by atoms with Crippen molar-refractivity contribution < 1.29 is 23.9 Å². The Morgan fingerprint density at radius 3 is 2.50 bits per heavy atom. The van der Waals surface area contributed by atoms with Crippen molar-refractivity contribution in [3.63, 3.8) is 0 Å². The van der Waals surface area contributed by atoms with Crippen molar-refractivity contribution in [2.24, 2.45) is 0 Å². The highest BCUT2D eigenvalue weighted by molar-refractivity contribution is 7.15. The second kappa shape index (κ2) is 8.65. The number of hydrogen-bond acceptors (Lipinski definition) is 8. The fourth-order valence-electron chi connectivity index (χ4n) is 2.91. The zero-order valence-electron chi connectivity index (χ0n) is 16.2. The molecule has 0 spiro atoms. The molecule has 0 saturated carbocycles. The standard InChI is InChI=1S/C20H12Cl2N4O5S/c1-9-24-25-20(32-9)26-17(28)12-4-2-10(6-13(12)18(26)29)19(30)31-8-16(27)23-15-5-3-11(21)7-14(15)22/h2-7H,8H2,1H3,(H,23,27). The lowest BCUT2D eigenvalue weighted by atomic mass is 10.1. The number of anilines is 2. The number of nitrogens with zero attached hydrogens (tertiary/aromatic N) is 3. The van der Waals surface area contributed by atoms with E-state index in [9.17, 15) is 19.2 Å². The lowest BCUT2D eigenvalue weighted by molar-refractivity contribution is -0.119. The average molecular weight is 491 g/mol. The number of aromatic nitrogens is 2. The van der Waals surface area contributed by atoms with Gasteiger partial charge >= 0.3 is 5.97 Å². The molecule has 1 aromatic heterocycles. The first-order valence-corrected chi connectivity index (χ1v) is 10.6. The van der Waals surface area contributed by atoms with E-state index in [4.69, 9.17) is 27.9 Å². The molecule has 0 saturated heterocycles. The minimum absolute atomic E-state index is 0.0116. The van der Waals surface area contributed by atoms with Crippen molar-refractivity contribution in [3.05, 3.63) is 68.1 Å². The molecule has 12 heteroatoms. The smallest absolute Gasteiger partial charge is 0.338 e. The van der Waals surface area contributed by atoms with E-state index in [1.165, 1.54) is 30.3 Å². The van der Waals surface area contributed by atoms with Crippen LogP contribution in [0.3, 0.4) is 0 Å². The van der Waals surface area contributed by atoms with Crippen LogP contribution in [-0.2, 0) is 9.53 Å². The third-order valence-electron chi connectivity index (χ3n) is 4.37. The second-order valence-electron chi connectivity index (χ2n) is 6.56. The number of carbonyl (C=O) groups is 4. The van der Waals surface area contributed by atoms with E-state index in [2.05, 4.69) is 15.5 Å². The van der Waals surface area contributed by atoms with Gasteiger partial charge in [-0.05, 0) is 43.3 Å². The van der Waals surface area contributed by atoms with Crippen molar-refractivity contribution in [1.29, 1.82) is 0 Å². The maximum absolute atomic E-state index is 12.7. The van der Waals surface area contributed by atoms with E-state index in [1.54, 1.807) is 13.0 Å². The van der Waals surface area contributed by atoms with Gasteiger partial charge in [-0.2, -0.15) is 0 Å². The highest BCUT2D eigenvalue weighted by Gasteiger charge is 2.39. The van der Waals surface area contributed by atoms with Crippen molar-refractivity contribution in [3.8, 4) is 0 Å².